The standard InChI is InChI=1S/2C19H21N3S/c2*1-19(2,3)16-11-9-15(10-12-16)17-20-21-18(23)22(17)13-14-7-5-4-6-8-14/h2*4-12H,13H2,1-3H3,(H,21,23). The summed E-state index contributed by atoms with van der Waals surface area (Å²) in [5.41, 5.74) is 7.47. The lowest BCUT2D eigenvalue weighted by atomic mass is 9.86. The van der Waals surface area contributed by atoms with Crippen molar-refractivity contribution in [3.63, 3.8) is 0 Å². The molecular weight excluding hydrogens is 605 g/mol. The summed E-state index contributed by atoms with van der Waals surface area (Å²) in [6.07, 6.45) is 0. The van der Waals surface area contributed by atoms with Crippen LogP contribution in [0.1, 0.15) is 63.8 Å². The Morgan fingerprint density at radius 3 is 1.13 bits per heavy atom. The van der Waals surface area contributed by atoms with E-state index in [-0.39, 0.29) is 10.8 Å². The van der Waals surface area contributed by atoms with Gasteiger partial charge in [0, 0.05) is 11.1 Å². The van der Waals surface area contributed by atoms with E-state index in [0.29, 0.717) is 22.6 Å². The molecule has 236 valence electrons. The van der Waals surface area contributed by atoms with Crippen LogP contribution in [0.4, 0.5) is 0 Å². The molecule has 0 amide bonds. The molecule has 0 radical (unpaired) electrons. The predicted octanol–water partition coefficient (Wildman–Crippen LogP) is 9.91. The Bertz CT molecular complexity index is 1820. The minimum atomic E-state index is 0.146. The molecule has 0 spiro atoms. The molecule has 4 aromatic carbocycles. The third-order valence-electron chi connectivity index (χ3n) is 7.90. The number of aromatic amines is 2. The number of hydrogen-bond acceptors (Lipinski definition) is 4. The highest BCUT2D eigenvalue weighted by Gasteiger charge is 2.16. The van der Waals surface area contributed by atoms with Gasteiger partial charge in [-0.3, -0.25) is 19.3 Å². The summed E-state index contributed by atoms with van der Waals surface area (Å²) in [6, 6.07) is 37.7. The quantitative estimate of drug-likeness (QED) is 0.177. The molecule has 0 aliphatic heterocycles. The summed E-state index contributed by atoms with van der Waals surface area (Å²) in [4.78, 5) is 0. The fourth-order valence-corrected chi connectivity index (χ4v) is 5.53. The van der Waals surface area contributed by atoms with Gasteiger partial charge in [0.15, 0.2) is 21.2 Å². The molecule has 8 heteroatoms. The van der Waals surface area contributed by atoms with Gasteiger partial charge < -0.3 is 0 Å². The van der Waals surface area contributed by atoms with E-state index >= 15 is 0 Å². The van der Waals surface area contributed by atoms with E-state index in [2.05, 4.69) is 135 Å². The van der Waals surface area contributed by atoms with Crippen LogP contribution < -0.4 is 0 Å². The van der Waals surface area contributed by atoms with Crippen LogP contribution in [-0.4, -0.2) is 29.5 Å². The second-order valence-corrected chi connectivity index (χ2v) is 14.3. The first-order valence-corrected chi connectivity index (χ1v) is 16.3. The molecule has 46 heavy (non-hydrogen) atoms. The lowest BCUT2D eigenvalue weighted by molar-refractivity contribution is 0.590. The fourth-order valence-electron chi connectivity index (χ4n) is 5.14. The van der Waals surface area contributed by atoms with E-state index in [1.165, 1.54) is 22.3 Å². The first-order chi connectivity index (χ1) is 21.9. The molecule has 2 heterocycles. The first kappa shape index (κ1) is 33.0. The highest BCUT2D eigenvalue weighted by Crippen LogP contribution is 2.27. The van der Waals surface area contributed by atoms with Crippen LogP contribution in [0.2, 0.25) is 0 Å². The van der Waals surface area contributed by atoms with E-state index in [0.717, 1.165) is 22.8 Å². The number of rotatable bonds is 6. The summed E-state index contributed by atoms with van der Waals surface area (Å²) in [7, 11) is 0. The van der Waals surface area contributed by atoms with Crippen LogP contribution in [0.25, 0.3) is 22.8 Å². The van der Waals surface area contributed by atoms with Crippen molar-refractivity contribution in [3.8, 4) is 22.8 Å². The molecule has 0 aliphatic carbocycles. The number of nitrogens with one attached hydrogen (secondary N) is 2. The van der Waals surface area contributed by atoms with E-state index in [4.69, 9.17) is 24.4 Å². The molecular formula is C38H42N6S2. The SMILES string of the molecule is CC(C)(C)c1ccc(-c2n[nH]c(=S)n2Cc2ccccc2)cc1.CC(C)(C)c1ccc(-c2n[nH]c(=S)n2Cc2ccccc2)cc1. The lowest BCUT2D eigenvalue weighted by Crippen LogP contribution is -2.10. The Morgan fingerprint density at radius 2 is 0.826 bits per heavy atom. The highest BCUT2D eigenvalue weighted by molar-refractivity contribution is 7.71. The zero-order valence-corrected chi connectivity index (χ0v) is 29.0. The highest BCUT2D eigenvalue weighted by atomic mass is 32.1. The van der Waals surface area contributed by atoms with Crippen LogP contribution in [0.5, 0.6) is 0 Å². The van der Waals surface area contributed by atoms with Gasteiger partial charge in [0.2, 0.25) is 0 Å². The lowest BCUT2D eigenvalue weighted by Gasteiger charge is -2.19. The van der Waals surface area contributed by atoms with E-state index in [1.54, 1.807) is 0 Å². The van der Waals surface area contributed by atoms with Crippen LogP contribution in [0.3, 0.4) is 0 Å². The van der Waals surface area contributed by atoms with Crippen LogP contribution in [0, 0.1) is 9.54 Å². The van der Waals surface area contributed by atoms with Gasteiger partial charge in [-0.1, -0.05) is 151 Å². The summed E-state index contributed by atoms with van der Waals surface area (Å²) >= 11 is 10.8. The zero-order chi connectivity index (χ0) is 32.9. The van der Waals surface area contributed by atoms with Crippen molar-refractivity contribution in [1.29, 1.82) is 0 Å². The van der Waals surface area contributed by atoms with Gasteiger partial charge in [0.1, 0.15) is 0 Å². The summed E-state index contributed by atoms with van der Waals surface area (Å²) in [5, 5.41) is 14.7. The monoisotopic (exact) mass is 646 g/mol. The van der Waals surface area contributed by atoms with E-state index < -0.39 is 0 Å². The van der Waals surface area contributed by atoms with Gasteiger partial charge in [0.05, 0.1) is 13.1 Å². The second-order valence-electron chi connectivity index (χ2n) is 13.5. The normalized spacial score (nSPS) is 11.6. The largest absolute Gasteiger partial charge is 0.296 e. The van der Waals surface area contributed by atoms with Gasteiger partial charge in [-0.05, 0) is 57.5 Å². The van der Waals surface area contributed by atoms with Crippen LogP contribution in [0.15, 0.2) is 109 Å². The maximum Gasteiger partial charge on any atom is 0.195 e. The molecule has 6 aromatic rings. The number of H-pyrrole nitrogens is 2. The predicted molar refractivity (Wildman–Crippen MR) is 194 cm³/mol. The molecule has 0 aliphatic rings. The summed E-state index contributed by atoms with van der Waals surface area (Å²) in [5.74, 6) is 1.75. The minimum absolute atomic E-state index is 0.146. The summed E-state index contributed by atoms with van der Waals surface area (Å²) < 4.78 is 5.36. The summed E-state index contributed by atoms with van der Waals surface area (Å²) in [6.45, 7) is 14.7. The Hall–Kier alpha value is -4.40. The zero-order valence-electron chi connectivity index (χ0n) is 27.4. The van der Waals surface area contributed by atoms with Crippen molar-refractivity contribution in [2.45, 2.75) is 65.5 Å². The molecule has 0 unspecified atom stereocenters. The first-order valence-electron chi connectivity index (χ1n) is 15.5. The van der Waals surface area contributed by atoms with Gasteiger partial charge in [-0.25, -0.2) is 0 Å². The van der Waals surface area contributed by atoms with Gasteiger partial charge in [0.25, 0.3) is 0 Å². The van der Waals surface area contributed by atoms with Crippen molar-refractivity contribution >= 4 is 24.4 Å². The van der Waals surface area contributed by atoms with E-state index in [1.807, 2.05) is 45.5 Å². The van der Waals surface area contributed by atoms with Gasteiger partial charge in [-0.15, -0.1) is 0 Å². The fraction of sp³-hybridized carbons (Fsp3) is 0.263. The topological polar surface area (TPSA) is 67.2 Å². The number of hydrogen-bond donors (Lipinski definition) is 2. The van der Waals surface area contributed by atoms with Crippen LogP contribution >= 0.6 is 24.4 Å². The van der Waals surface area contributed by atoms with Crippen molar-refractivity contribution in [2.24, 2.45) is 0 Å². The number of benzene rings is 4. The molecule has 0 atom stereocenters. The Kier molecular flexibility index (Phi) is 9.99. The molecule has 6 nitrogen and oxygen atoms in total. The van der Waals surface area contributed by atoms with E-state index in [9.17, 15) is 0 Å². The third-order valence-corrected chi connectivity index (χ3v) is 8.53. The molecule has 6 rings (SSSR count). The molecule has 2 N–H and O–H groups in total. The molecule has 0 saturated heterocycles. The van der Waals surface area contributed by atoms with Gasteiger partial charge >= 0.3 is 0 Å². The third kappa shape index (κ3) is 8.05. The van der Waals surface area contributed by atoms with Crippen molar-refractivity contribution < 1.29 is 0 Å². The Labute approximate surface area is 282 Å². The maximum atomic E-state index is 5.40. The smallest absolute Gasteiger partial charge is 0.195 e. The van der Waals surface area contributed by atoms with Crippen molar-refractivity contribution in [2.75, 3.05) is 0 Å². The average Bonchev–Trinajstić information content (AvgIpc) is 3.59. The van der Waals surface area contributed by atoms with Gasteiger partial charge in [-0.2, -0.15) is 10.2 Å². The van der Waals surface area contributed by atoms with Crippen molar-refractivity contribution in [1.82, 2.24) is 29.5 Å². The minimum Gasteiger partial charge on any atom is -0.296 e. The number of aromatic nitrogens is 6. The molecule has 2 aromatic heterocycles. The number of nitrogens with zero attached hydrogens (tertiary/aromatic N) is 4. The second kappa shape index (κ2) is 13.9. The maximum absolute atomic E-state index is 5.40. The van der Waals surface area contributed by atoms with Crippen LogP contribution in [-0.2, 0) is 23.9 Å². The molecule has 0 fully saturated rings. The Morgan fingerprint density at radius 1 is 0.500 bits per heavy atom. The Balaban J connectivity index is 0.000000181. The molecule has 0 saturated carbocycles. The van der Waals surface area contributed by atoms with Crippen molar-refractivity contribution in [3.05, 3.63) is 141 Å². The average molecular weight is 647 g/mol. The molecule has 0 bridgehead atoms.